The smallest absolute Gasteiger partial charge is 0.119 e. The molecule has 3 nitrogen and oxygen atoms in total. The number of aromatic nitrogens is 1. The molecule has 0 saturated heterocycles. The molecule has 1 heterocycles. The van der Waals surface area contributed by atoms with Crippen LogP contribution in [0.4, 0.5) is 0 Å². The Balaban J connectivity index is 1.70. The molecule has 0 aliphatic heterocycles. The van der Waals surface area contributed by atoms with Gasteiger partial charge in [-0.3, -0.25) is 4.98 Å². The number of hydrogen-bond acceptors (Lipinski definition) is 3. The Labute approximate surface area is 165 Å². The molecular formula is C24H35NO2. The van der Waals surface area contributed by atoms with Gasteiger partial charge in [0.1, 0.15) is 5.75 Å². The highest BCUT2D eigenvalue weighted by Gasteiger charge is 2.02. The van der Waals surface area contributed by atoms with Crippen molar-refractivity contribution in [3.63, 3.8) is 0 Å². The highest BCUT2D eigenvalue weighted by molar-refractivity contribution is 5.60. The zero-order valence-electron chi connectivity index (χ0n) is 17.1. The lowest BCUT2D eigenvalue weighted by atomic mass is 10.1. The molecule has 1 aromatic carbocycles. The zero-order valence-corrected chi connectivity index (χ0v) is 17.1. The van der Waals surface area contributed by atoms with E-state index in [-0.39, 0.29) is 0 Å². The summed E-state index contributed by atoms with van der Waals surface area (Å²) in [7, 11) is 1.74. The summed E-state index contributed by atoms with van der Waals surface area (Å²) in [6.45, 7) is 3.86. The van der Waals surface area contributed by atoms with E-state index < -0.39 is 0 Å². The fourth-order valence-corrected chi connectivity index (χ4v) is 3.13. The Hall–Kier alpha value is -1.87. The Morgan fingerprint density at radius 2 is 1.52 bits per heavy atom. The van der Waals surface area contributed by atoms with E-state index >= 15 is 0 Å². The fourth-order valence-electron chi connectivity index (χ4n) is 3.13. The number of nitrogens with zero attached hydrogens (tertiary/aromatic N) is 1. The summed E-state index contributed by atoms with van der Waals surface area (Å²) >= 11 is 0. The first-order valence-electron chi connectivity index (χ1n) is 10.5. The molecule has 0 amide bonds. The molecule has 1 aromatic heterocycles. The summed E-state index contributed by atoms with van der Waals surface area (Å²) in [6.07, 6.45) is 13.2. The minimum atomic E-state index is 0.794. The summed E-state index contributed by atoms with van der Waals surface area (Å²) in [5, 5.41) is 0. The van der Waals surface area contributed by atoms with Crippen LogP contribution in [0.5, 0.6) is 5.75 Å². The monoisotopic (exact) mass is 369 g/mol. The molecule has 0 radical (unpaired) electrons. The van der Waals surface area contributed by atoms with Gasteiger partial charge in [0.05, 0.1) is 12.3 Å². The molecule has 2 aromatic rings. The van der Waals surface area contributed by atoms with E-state index in [4.69, 9.17) is 9.47 Å². The van der Waals surface area contributed by atoms with Crippen LogP contribution in [0.2, 0.25) is 0 Å². The number of unbranched alkanes of at least 4 members (excludes halogenated alkanes) is 6. The van der Waals surface area contributed by atoms with Crippen LogP contribution in [-0.4, -0.2) is 25.3 Å². The first-order chi connectivity index (χ1) is 13.3. The second-order valence-corrected chi connectivity index (χ2v) is 7.14. The highest BCUT2D eigenvalue weighted by Crippen LogP contribution is 2.21. The van der Waals surface area contributed by atoms with E-state index in [0.717, 1.165) is 49.5 Å². The van der Waals surface area contributed by atoms with E-state index in [1.807, 2.05) is 18.3 Å². The minimum absolute atomic E-state index is 0.794. The third-order valence-electron chi connectivity index (χ3n) is 4.81. The van der Waals surface area contributed by atoms with Crippen LogP contribution in [0.25, 0.3) is 11.3 Å². The van der Waals surface area contributed by atoms with Crippen LogP contribution in [0.3, 0.4) is 0 Å². The van der Waals surface area contributed by atoms with E-state index in [0.29, 0.717) is 0 Å². The summed E-state index contributed by atoms with van der Waals surface area (Å²) in [4.78, 5) is 4.59. The SMILES string of the molecule is CCCCCCCCCOc1ccc(-c2ccc(CCCOC)cn2)cc1. The van der Waals surface area contributed by atoms with Gasteiger partial charge in [-0.05, 0) is 55.2 Å². The summed E-state index contributed by atoms with van der Waals surface area (Å²) < 4.78 is 11.0. The molecular weight excluding hydrogens is 334 g/mol. The number of aryl methyl sites for hydroxylation is 1. The first kappa shape index (κ1) is 21.4. The molecule has 0 fully saturated rings. The number of rotatable bonds is 14. The van der Waals surface area contributed by atoms with Crippen LogP contribution in [0.1, 0.15) is 63.9 Å². The van der Waals surface area contributed by atoms with Crippen molar-refractivity contribution in [2.75, 3.05) is 20.3 Å². The van der Waals surface area contributed by atoms with Gasteiger partial charge in [0.15, 0.2) is 0 Å². The Bertz CT molecular complexity index is 607. The molecule has 3 heteroatoms. The third-order valence-corrected chi connectivity index (χ3v) is 4.81. The van der Waals surface area contributed by atoms with Crippen molar-refractivity contribution in [1.82, 2.24) is 4.98 Å². The van der Waals surface area contributed by atoms with Crippen LogP contribution >= 0.6 is 0 Å². The van der Waals surface area contributed by atoms with Gasteiger partial charge >= 0.3 is 0 Å². The molecule has 27 heavy (non-hydrogen) atoms. The number of hydrogen-bond donors (Lipinski definition) is 0. The summed E-state index contributed by atoms with van der Waals surface area (Å²) in [5.41, 5.74) is 3.39. The maximum atomic E-state index is 5.87. The second-order valence-electron chi connectivity index (χ2n) is 7.14. The molecule has 0 unspecified atom stereocenters. The van der Waals surface area contributed by atoms with Gasteiger partial charge in [-0.1, -0.05) is 51.5 Å². The molecule has 0 spiro atoms. The van der Waals surface area contributed by atoms with Crippen LogP contribution < -0.4 is 4.74 Å². The fraction of sp³-hybridized carbons (Fsp3) is 0.542. The van der Waals surface area contributed by atoms with E-state index in [9.17, 15) is 0 Å². The standard InChI is InChI=1S/C24H35NO2/c1-3-4-5-6-7-8-9-19-27-23-15-13-22(14-16-23)24-17-12-21(20-25-24)11-10-18-26-2/h12-17,20H,3-11,18-19H2,1-2H3. The van der Waals surface area contributed by atoms with Crippen LogP contribution in [-0.2, 0) is 11.2 Å². The van der Waals surface area contributed by atoms with Gasteiger partial charge < -0.3 is 9.47 Å². The van der Waals surface area contributed by atoms with Gasteiger partial charge in [0, 0.05) is 25.5 Å². The molecule has 148 valence electrons. The maximum absolute atomic E-state index is 5.87. The quantitative estimate of drug-likeness (QED) is 0.358. The summed E-state index contributed by atoms with van der Waals surface area (Å²) in [6, 6.07) is 12.5. The van der Waals surface area contributed by atoms with Crippen LogP contribution in [0.15, 0.2) is 42.6 Å². The lowest BCUT2D eigenvalue weighted by Crippen LogP contribution is -1.97. The molecule has 0 atom stereocenters. The normalized spacial score (nSPS) is 10.9. The Kier molecular flexibility index (Phi) is 10.6. The first-order valence-corrected chi connectivity index (χ1v) is 10.5. The average molecular weight is 370 g/mol. The van der Waals surface area contributed by atoms with Crippen molar-refractivity contribution < 1.29 is 9.47 Å². The van der Waals surface area contributed by atoms with Crippen LogP contribution in [0, 0.1) is 0 Å². The van der Waals surface area contributed by atoms with E-state index in [1.54, 1.807) is 7.11 Å². The minimum Gasteiger partial charge on any atom is -0.494 e. The summed E-state index contributed by atoms with van der Waals surface area (Å²) in [5.74, 6) is 0.945. The molecule has 0 aliphatic rings. The van der Waals surface area contributed by atoms with Gasteiger partial charge in [-0.15, -0.1) is 0 Å². The predicted octanol–water partition coefficient (Wildman–Crippen LogP) is 6.46. The van der Waals surface area contributed by atoms with Gasteiger partial charge in [0.2, 0.25) is 0 Å². The molecule has 0 N–H and O–H groups in total. The van der Waals surface area contributed by atoms with Crippen molar-refractivity contribution >= 4 is 0 Å². The van der Waals surface area contributed by atoms with Crippen molar-refractivity contribution in [1.29, 1.82) is 0 Å². The maximum Gasteiger partial charge on any atom is 0.119 e. The molecule has 0 saturated carbocycles. The number of methoxy groups -OCH3 is 1. The lowest BCUT2D eigenvalue weighted by Gasteiger charge is -2.08. The molecule has 0 bridgehead atoms. The highest BCUT2D eigenvalue weighted by atomic mass is 16.5. The van der Waals surface area contributed by atoms with Crippen molar-refractivity contribution in [2.45, 2.75) is 64.7 Å². The van der Waals surface area contributed by atoms with E-state index in [2.05, 4.69) is 36.2 Å². The van der Waals surface area contributed by atoms with Gasteiger partial charge in [-0.25, -0.2) is 0 Å². The number of pyridine rings is 1. The van der Waals surface area contributed by atoms with E-state index in [1.165, 1.54) is 44.1 Å². The van der Waals surface area contributed by atoms with Crippen molar-refractivity contribution in [2.24, 2.45) is 0 Å². The lowest BCUT2D eigenvalue weighted by molar-refractivity contribution is 0.195. The number of ether oxygens (including phenoxy) is 2. The number of benzene rings is 1. The molecule has 2 rings (SSSR count). The molecule has 0 aliphatic carbocycles. The van der Waals surface area contributed by atoms with Crippen molar-refractivity contribution in [3.05, 3.63) is 48.2 Å². The van der Waals surface area contributed by atoms with Crippen molar-refractivity contribution in [3.8, 4) is 17.0 Å². The van der Waals surface area contributed by atoms with Gasteiger partial charge in [0.25, 0.3) is 0 Å². The largest absolute Gasteiger partial charge is 0.494 e. The average Bonchev–Trinajstić information content (AvgIpc) is 2.71. The third kappa shape index (κ3) is 8.57. The Morgan fingerprint density at radius 1 is 0.778 bits per heavy atom. The Morgan fingerprint density at radius 3 is 2.19 bits per heavy atom. The predicted molar refractivity (Wildman–Crippen MR) is 113 cm³/mol. The van der Waals surface area contributed by atoms with Gasteiger partial charge in [-0.2, -0.15) is 0 Å². The topological polar surface area (TPSA) is 31.4 Å². The zero-order chi connectivity index (χ0) is 19.2. The second kappa shape index (κ2) is 13.3.